The zero-order chi connectivity index (χ0) is 17.8. The topological polar surface area (TPSA) is 89.6 Å². The molecule has 5 nitrogen and oxygen atoms in total. The smallest absolute Gasteiger partial charge is 0.343 e. The number of hydrogen-bond donors (Lipinski definition) is 2. The Morgan fingerprint density at radius 1 is 0.720 bits per heavy atom. The summed E-state index contributed by atoms with van der Waals surface area (Å²) in [6.07, 6.45) is 0. The Balaban J connectivity index is 1.74. The number of esters is 1. The van der Waals surface area contributed by atoms with Gasteiger partial charge in [0.25, 0.3) is 0 Å². The van der Waals surface area contributed by atoms with E-state index in [1.165, 1.54) is 0 Å². The van der Waals surface area contributed by atoms with Gasteiger partial charge >= 0.3 is 11.9 Å². The van der Waals surface area contributed by atoms with Crippen LogP contribution >= 0.6 is 0 Å². The van der Waals surface area contributed by atoms with Gasteiger partial charge in [-0.25, -0.2) is 9.59 Å². The van der Waals surface area contributed by atoms with Crippen molar-refractivity contribution in [2.75, 3.05) is 5.73 Å². The van der Waals surface area contributed by atoms with Crippen LogP contribution in [-0.4, -0.2) is 17.0 Å². The predicted molar refractivity (Wildman–Crippen MR) is 94.7 cm³/mol. The van der Waals surface area contributed by atoms with Crippen molar-refractivity contribution in [2.45, 2.75) is 0 Å². The maximum atomic E-state index is 12.1. The molecule has 3 rings (SSSR count). The summed E-state index contributed by atoms with van der Waals surface area (Å²) in [4.78, 5) is 23.0. The molecule has 0 radical (unpaired) electrons. The monoisotopic (exact) mass is 333 g/mol. The highest BCUT2D eigenvalue weighted by molar-refractivity contribution is 5.92. The standard InChI is InChI=1S/C20H15NO4/c21-17-9-11-18(12-10-17)25-20(24)16-7-3-14(4-8-16)13-1-5-15(6-2-13)19(22)23/h1-12H,21H2,(H,22,23). The number of rotatable bonds is 4. The van der Waals surface area contributed by atoms with Crippen LogP contribution in [0.2, 0.25) is 0 Å². The molecule has 124 valence electrons. The highest BCUT2D eigenvalue weighted by Crippen LogP contribution is 2.21. The third-order valence-corrected chi connectivity index (χ3v) is 3.68. The molecule has 0 aromatic heterocycles. The van der Waals surface area contributed by atoms with Crippen molar-refractivity contribution in [3.05, 3.63) is 83.9 Å². The first-order chi connectivity index (χ1) is 12.0. The lowest BCUT2D eigenvalue weighted by Crippen LogP contribution is -2.08. The lowest BCUT2D eigenvalue weighted by atomic mass is 10.0. The van der Waals surface area contributed by atoms with Crippen molar-refractivity contribution >= 4 is 17.6 Å². The Morgan fingerprint density at radius 3 is 1.68 bits per heavy atom. The van der Waals surface area contributed by atoms with Crippen LogP contribution in [-0.2, 0) is 0 Å². The van der Waals surface area contributed by atoms with Crippen LogP contribution in [0.5, 0.6) is 5.75 Å². The van der Waals surface area contributed by atoms with Gasteiger partial charge < -0.3 is 15.6 Å². The second kappa shape index (κ2) is 6.88. The van der Waals surface area contributed by atoms with Gasteiger partial charge in [0.15, 0.2) is 0 Å². The third kappa shape index (κ3) is 3.84. The Morgan fingerprint density at radius 2 is 1.20 bits per heavy atom. The largest absolute Gasteiger partial charge is 0.478 e. The van der Waals surface area contributed by atoms with Gasteiger partial charge in [-0.3, -0.25) is 0 Å². The van der Waals surface area contributed by atoms with Gasteiger partial charge in [-0.15, -0.1) is 0 Å². The number of ether oxygens (including phenoxy) is 1. The van der Waals surface area contributed by atoms with Gasteiger partial charge in [0.2, 0.25) is 0 Å². The summed E-state index contributed by atoms with van der Waals surface area (Å²) in [6.45, 7) is 0. The molecule has 0 saturated heterocycles. The summed E-state index contributed by atoms with van der Waals surface area (Å²) in [5.74, 6) is -1.00. The van der Waals surface area contributed by atoms with E-state index in [1.807, 2.05) is 0 Å². The van der Waals surface area contributed by atoms with Crippen LogP contribution in [0.15, 0.2) is 72.8 Å². The molecule has 0 heterocycles. The van der Waals surface area contributed by atoms with Crippen molar-refractivity contribution in [2.24, 2.45) is 0 Å². The fraction of sp³-hybridized carbons (Fsp3) is 0. The van der Waals surface area contributed by atoms with Crippen LogP contribution in [0.25, 0.3) is 11.1 Å². The summed E-state index contributed by atoms with van der Waals surface area (Å²) in [5, 5.41) is 8.92. The number of anilines is 1. The van der Waals surface area contributed by atoms with E-state index in [0.717, 1.165) is 11.1 Å². The van der Waals surface area contributed by atoms with Crippen LogP contribution < -0.4 is 10.5 Å². The Kier molecular flexibility index (Phi) is 4.48. The number of nitrogen functional groups attached to an aromatic ring is 1. The molecule has 0 fully saturated rings. The first-order valence-corrected chi connectivity index (χ1v) is 7.54. The molecule has 0 aliphatic carbocycles. The molecule has 0 aliphatic rings. The van der Waals surface area contributed by atoms with Gasteiger partial charge in [0, 0.05) is 5.69 Å². The van der Waals surface area contributed by atoms with Crippen LogP contribution in [0.1, 0.15) is 20.7 Å². The third-order valence-electron chi connectivity index (χ3n) is 3.68. The van der Waals surface area contributed by atoms with E-state index in [1.54, 1.807) is 72.8 Å². The number of carbonyl (C=O) groups excluding carboxylic acids is 1. The molecule has 3 aromatic carbocycles. The van der Waals surface area contributed by atoms with E-state index in [4.69, 9.17) is 15.6 Å². The van der Waals surface area contributed by atoms with Gasteiger partial charge in [0.1, 0.15) is 5.75 Å². The summed E-state index contributed by atoms with van der Waals surface area (Å²) in [6, 6.07) is 20.0. The number of aromatic carboxylic acids is 1. The molecule has 0 bridgehead atoms. The molecular weight excluding hydrogens is 318 g/mol. The lowest BCUT2D eigenvalue weighted by molar-refractivity contribution is 0.0694. The van der Waals surface area contributed by atoms with Crippen molar-refractivity contribution in [1.82, 2.24) is 0 Å². The Bertz CT molecular complexity index is 898. The quantitative estimate of drug-likeness (QED) is 0.430. The molecule has 3 aromatic rings. The minimum absolute atomic E-state index is 0.229. The average Bonchev–Trinajstić information content (AvgIpc) is 2.64. The van der Waals surface area contributed by atoms with E-state index in [-0.39, 0.29) is 5.56 Å². The van der Waals surface area contributed by atoms with Crippen molar-refractivity contribution in [3.63, 3.8) is 0 Å². The summed E-state index contributed by atoms with van der Waals surface area (Å²) >= 11 is 0. The van der Waals surface area contributed by atoms with Crippen LogP contribution in [0.3, 0.4) is 0 Å². The highest BCUT2D eigenvalue weighted by atomic mass is 16.5. The molecule has 0 saturated carbocycles. The van der Waals surface area contributed by atoms with E-state index < -0.39 is 11.9 Å². The molecule has 3 N–H and O–H groups in total. The fourth-order valence-electron chi connectivity index (χ4n) is 2.31. The minimum atomic E-state index is -0.965. The molecule has 0 unspecified atom stereocenters. The zero-order valence-electron chi connectivity index (χ0n) is 13.2. The molecule has 0 atom stereocenters. The van der Waals surface area contributed by atoms with E-state index in [0.29, 0.717) is 17.0 Å². The number of nitrogens with two attached hydrogens (primary N) is 1. The van der Waals surface area contributed by atoms with Gasteiger partial charge in [-0.05, 0) is 59.7 Å². The number of benzene rings is 3. The van der Waals surface area contributed by atoms with Crippen molar-refractivity contribution < 1.29 is 19.4 Å². The van der Waals surface area contributed by atoms with Crippen LogP contribution in [0.4, 0.5) is 5.69 Å². The second-order valence-electron chi connectivity index (χ2n) is 5.42. The van der Waals surface area contributed by atoms with Crippen LogP contribution in [0, 0.1) is 0 Å². The number of hydrogen-bond acceptors (Lipinski definition) is 4. The molecular formula is C20H15NO4. The lowest BCUT2D eigenvalue weighted by Gasteiger charge is -2.06. The summed E-state index contributed by atoms with van der Waals surface area (Å²) in [5.41, 5.74) is 8.58. The van der Waals surface area contributed by atoms with Gasteiger partial charge in [-0.1, -0.05) is 24.3 Å². The number of carbonyl (C=O) groups is 2. The minimum Gasteiger partial charge on any atom is -0.478 e. The SMILES string of the molecule is Nc1ccc(OC(=O)c2ccc(-c3ccc(C(=O)O)cc3)cc2)cc1. The second-order valence-corrected chi connectivity index (χ2v) is 5.42. The average molecular weight is 333 g/mol. The normalized spacial score (nSPS) is 10.2. The molecule has 0 amide bonds. The first kappa shape index (κ1) is 16.3. The van der Waals surface area contributed by atoms with Gasteiger partial charge in [0.05, 0.1) is 11.1 Å². The highest BCUT2D eigenvalue weighted by Gasteiger charge is 2.09. The maximum absolute atomic E-state index is 12.1. The van der Waals surface area contributed by atoms with Crippen molar-refractivity contribution in [3.8, 4) is 16.9 Å². The Labute approximate surface area is 144 Å². The Hall–Kier alpha value is -3.60. The fourth-order valence-corrected chi connectivity index (χ4v) is 2.31. The van der Waals surface area contributed by atoms with E-state index in [9.17, 15) is 9.59 Å². The molecule has 0 aliphatic heterocycles. The van der Waals surface area contributed by atoms with Crippen molar-refractivity contribution in [1.29, 1.82) is 0 Å². The molecule has 25 heavy (non-hydrogen) atoms. The molecule has 0 spiro atoms. The zero-order valence-corrected chi connectivity index (χ0v) is 13.2. The predicted octanol–water partition coefficient (Wildman–Crippen LogP) is 3.85. The van der Waals surface area contributed by atoms with E-state index in [2.05, 4.69) is 0 Å². The summed E-state index contributed by atoms with van der Waals surface area (Å²) < 4.78 is 5.28. The molecule has 5 heteroatoms. The summed E-state index contributed by atoms with van der Waals surface area (Å²) in [7, 11) is 0. The number of carboxylic acids is 1. The maximum Gasteiger partial charge on any atom is 0.343 e. The van der Waals surface area contributed by atoms with Gasteiger partial charge in [-0.2, -0.15) is 0 Å². The number of carboxylic acid groups (broad SMARTS) is 1. The first-order valence-electron chi connectivity index (χ1n) is 7.54. The van der Waals surface area contributed by atoms with E-state index >= 15 is 0 Å².